The van der Waals surface area contributed by atoms with Crippen molar-refractivity contribution in [2.75, 3.05) is 37.7 Å². The first kappa shape index (κ1) is 24.3. The van der Waals surface area contributed by atoms with Gasteiger partial charge in [0.05, 0.1) is 5.56 Å². The second kappa shape index (κ2) is 11.5. The first-order valence-corrected chi connectivity index (χ1v) is 12.5. The predicted molar refractivity (Wildman–Crippen MR) is 136 cm³/mol. The number of aliphatic hydroxyl groups excluding tert-OH is 1. The van der Waals surface area contributed by atoms with Crippen molar-refractivity contribution in [1.29, 1.82) is 0 Å². The van der Waals surface area contributed by atoms with E-state index < -0.39 is 6.10 Å². The minimum absolute atomic E-state index is 0.268. The van der Waals surface area contributed by atoms with Crippen LogP contribution in [-0.2, 0) is 6.54 Å². The van der Waals surface area contributed by atoms with E-state index >= 15 is 0 Å². The smallest absolute Gasteiger partial charge is 0.232 e. The highest BCUT2D eigenvalue weighted by Gasteiger charge is 2.29. The number of nitrogens with zero attached hydrogens (tertiary/aromatic N) is 3. The predicted octanol–water partition coefficient (Wildman–Crippen LogP) is 5.15. The van der Waals surface area contributed by atoms with Crippen molar-refractivity contribution in [2.24, 2.45) is 5.92 Å². The molecule has 1 heterocycles. The highest BCUT2D eigenvalue weighted by molar-refractivity contribution is 5.68. The van der Waals surface area contributed by atoms with E-state index in [2.05, 4.69) is 40.9 Å². The number of rotatable bonds is 13. The quantitative estimate of drug-likeness (QED) is 0.378. The fraction of sp³-hybridized carbons (Fsp3) is 0.464. The van der Waals surface area contributed by atoms with E-state index in [1.165, 1.54) is 12.8 Å². The summed E-state index contributed by atoms with van der Waals surface area (Å²) in [5, 5.41) is 15.4. The lowest BCUT2D eigenvalue weighted by Gasteiger charge is -2.27. The van der Waals surface area contributed by atoms with Crippen molar-refractivity contribution in [3.8, 4) is 17.0 Å². The summed E-state index contributed by atoms with van der Waals surface area (Å²) in [7, 11) is 0. The summed E-state index contributed by atoms with van der Waals surface area (Å²) in [6.07, 6.45) is 1.92. The molecule has 0 spiro atoms. The largest absolute Gasteiger partial charge is 0.491 e. The van der Waals surface area contributed by atoms with E-state index in [-0.39, 0.29) is 6.61 Å². The van der Waals surface area contributed by atoms with E-state index in [0.29, 0.717) is 19.0 Å². The number of hydrogen-bond donors (Lipinski definition) is 1. The van der Waals surface area contributed by atoms with Crippen LogP contribution < -0.4 is 9.64 Å². The Hall–Kier alpha value is -2.83. The zero-order chi connectivity index (χ0) is 23.9. The van der Waals surface area contributed by atoms with E-state index in [1.807, 2.05) is 49.4 Å². The highest BCUT2D eigenvalue weighted by Crippen LogP contribution is 2.35. The van der Waals surface area contributed by atoms with Crippen molar-refractivity contribution in [1.82, 2.24) is 10.1 Å². The molecule has 1 aliphatic carbocycles. The number of aliphatic hydroxyl groups is 1. The Labute approximate surface area is 203 Å². The number of aromatic nitrogens is 1. The molecule has 2 aromatic carbocycles. The molecule has 0 saturated heterocycles. The highest BCUT2D eigenvalue weighted by atomic mass is 16.5. The molecule has 1 saturated carbocycles. The number of hydrogen-bond acceptors (Lipinski definition) is 6. The summed E-state index contributed by atoms with van der Waals surface area (Å²) < 4.78 is 11.8. The van der Waals surface area contributed by atoms with Gasteiger partial charge in [0.2, 0.25) is 5.88 Å². The Kier molecular flexibility index (Phi) is 8.25. The van der Waals surface area contributed by atoms with Crippen LogP contribution in [0.25, 0.3) is 11.3 Å². The first-order chi connectivity index (χ1) is 16.6. The molecular formula is C28H37N3O3. The zero-order valence-electron chi connectivity index (χ0n) is 20.6. The third-order valence-corrected chi connectivity index (χ3v) is 6.45. The standard InChI is InChI=1S/C28H37N3O3/c1-4-31(5-2)28-25(27(29-34-28)23-12-7-6-8-13-23)19-30(17-22-15-16-22)18-24(32)20-33-26-14-10-9-11-21(26)3/h6-14,22,24,32H,4-5,15-20H2,1-3H3. The summed E-state index contributed by atoms with van der Waals surface area (Å²) in [5.41, 5.74) is 4.09. The average molecular weight is 464 g/mol. The topological polar surface area (TPSA) is 62.0 Å². The van der Waals surface area contributed by atoms with Crippen LogP contribution in [0, 0.1) is 12.8 Å². The van der Waals surface area contributed by atoms with E-state index in [1.54, 1.807) is 0 Å². The second-order valence-electron chi connectivity index (χ2n) is 9.22. The molecule has 1 fully saturated rings. The monoisotopic (exact) mass is 463 g/mol. The minimum atomic E-state index is -0.588. The van der Waals surface area contributed by atoms with Crippen molar-refractivity contribution >= 4 is 5.88 Å². The number of anilines is 1. The van der Waals surface area contributed by atoms with Gasteiger partial charge in [-0.1, -0.05) is 53.7 Å². The summed E-state index contributed by atoms with van der Waals surface area (Å²) in [4.78, 5) is 4.55. The van der Waals surface area contributed by atoms with Crippen LogP contribution in [0.15, 0.2) is 59.1 Å². The molecule has 182 valence electrons. The molecule has 34 heavy (non-hydrogen) atoms. The third kappa shape index (κ3) is 6.19. The van der Waals surface area contributed by atoms with Crippen LogP contribution in [-0.4, -0.2) is 54.1 Å². The maximum Gasteiger partial charge on any atom is 0.232 e. The van der Waals surface area contributed by atoms with Gasteiger partial charge < -0.3 is 19.3 Å². The van der Waals surface area contributed by atoms with Gasteiger partial charge in [0.25, 0.3) is 0 Å². The maximum absolute atomic E-state index is 10.9. The summed E-state index contributed by atoms with van der Waals surface area (Å²) in [6, 6.07) is 18.1. The van der Waals surface area contributed by atoms with E-state index in [0.717, 1.165) is 53.7 Å². The van der Waals surface area contributed by atoms with Gasteiger partial charge in [-0.15, -0.1) is 0 Å². The lowest BCUT2D eigenvalue weighted by Crippen LogP contribution is -2.37. The van der Waals surface area contributed by atoms with Gasteiger partial charge in [-0.25, -0.2) is 0 Å². The zero-order valence-corrected chi connectivity index (χ0v) is 20.6. The van der Waals surface area contributed by atoms with Gasteiger partial charge in [0.1, 0.15) is 24.2 Å². The van der Waals surface area contributed by atoms with Gasteiger partial charge in [0, 0.05) is 38.3 Å². The fourth-order valence-electron chi connectivity index (χ4n) is 4.37. The molecule has 0 radical (unpaired) electrons. The average Bonchev–Trinajstić information content (AvgIpc) is 3.58. The Morgan fingerprint density at radius 1 is 1.06 bits per heavy atom. The Balaban J connectivity index is 1.53. The molecule has 0 amide bonds. The van der Waals surface area contributed by atoms with Gasteiger partial charge in [-0.2, -0.15) is 0 Å². The normalized spacial score (nSPS) is 14.4. The molecule has 6 heteroatoms. The van der Waals surface area contributed by atoms with Crippen molar-refractivity contribution in [2.45, 2.75) is 46.3 Å². The van der Waals surface area contributed by atoms with Crippen LogP contribution in [0.4, 0.5) is 5.88 Å². The van der Waals surface area contributed by atoms with E-state index in [9.17, 15) is 5.11 Å². The summed E-state index contributed by atoms with van der Waals surface area (Å²) >= 11 is 0. The number of ether oxygens (including phenoxy) is 1. The van der Waals surface area contributed by atoms with Crippen LogP contribution in [0.5, 0.6) is 5.75 Å². The summed E-state index contributed by atoms with van der Waals surface area (Å²) in [5.74, 6) is 2.35. The van der Waals surface area contributed by atoms with Crippen LogP contribution in [0.3, 0.4) is 0 Å². The third-order valence-electron chi connectivity index (χ3n) is 6.45. The van der Waals surface area contributed by atoms with Gasteiger partial charge in [0.15, 0.2) is 0 Å². The number of para-hydroxylation sites is 1. The molecule has 1 N–H and O–H groups in total. The SMILES string of the molecule is CCN(CC)c1onc(-c2ccccc2)c1CN(CC(O)COc1ccccc1C)CC1CC1. The van der Waals surface area contributed by atoms with Crippen molar-refractivity contribution < 1.29 is 14.4 Å². The molecule has 1 aromatic heterocycles. The fourth-order valence-corrected chi connectivity index (χ4v) is 4.37. The van der Waals surface area contributed by atoms with Crippen molar-refractivity contribution in [3.05, 3.63) is 65.7 Å². The molecular weight excluding hydrogens is 426 g/mol. The Bertz CT molecular complexity index is 1030. The molecule has 4 rings (SSSR count). The molecule has 0 aliphatic heterocycles. The van der Waals surface area contributed by atoms with Gasteiger partial charge >= 0.3 is 0 Å². The number of aryl methyl sites for hydroxylation is 1. The molecule has 1 aliphatic rings. The molecule has 3 aromatic rings. The number of benzene rings is 2. The van der Waals surface area contributed by atoms with Crippen molar-refractivity contribution in [3.63, 3.8) is 0 Å². The lowest BCUT2D eigenvalue weighted by atomic mass is 10.1. The summed E-state index contributed by atoms with van der Waals surface area (Å²) in [6.45, 7) is 10.4. The maximum atomic E-state index is 10.9. The van der Waals surface area contributed by atoms with Crippen LogP contribution >= 0.6 is 0 Å². The van der Waals surface area contributed by atoms with Gasteiger partial charge in [-0.3, -0.25) is 4.90 Å². The second-order valence-corrected chi connectivity index (χ2v) is 9.22. The molecule has 1 unspecified atom stereocenters. The van der Waals surface area contributed by atoms with Gasteiger partial charge in [-0.05, 0) is 51.2 Å². The van der Waals surface area contributed by atoms with E-state index in [4.69, 9.17) is 9.26 Å². The van der Waals surface area contributed by atoms with Crippen LogP contribution in [0.2, 0.25) is 0 Å². The molecule has 6 nitrogen and oxygen atoms in total. The first-order valence-electron chi connectivity index (χ1n) is 12.5. The lowest BCUT2D eigenvalue weighted by molar-refractivity contribution is 0.0637. The van der Waals surface area contributed by atoms with Crippen LogP contribution in [0.1, 0.15) is 37.8 Å². The molecule has 0 bridgehead atoms. The Morgan fingerprint density at radius 2 is 1.76 bits per heavy atom. The Morgan fingerprint density at radius 3 is 2.44 bits per heavy atom. The minimum Gasteiger partial charge on any atom is -0.491 e. The molecule has 1 atom stereocenters.